The number of aryl methyl sites for hydroxylation is 1. The molecule has 0 aromatic heterocycles. The van der Waals surface area contributed by atoms with Crippen LogP contribution < -0.4 is 0 Å². The second-order valence-corrected chi connectivity index (χ2v) is 2.81. The lowest BCUT2D eigenvalue weighted by Gasteiger charge is -2.05. The Morgan fingerprint density at radius 2 is 2.21 bits per heavy atom. The van der Waals surface area contributed by atoms with Gasteiger partial charge in [-0.05, 0) is 18.1 Å². The molecule has 0 saturated carbocycles. The van der Waals surface area contributed by atoms with Gasteiger partial charge in [0.25, 0.3) is 0 Å². The van der Waals surface area contributed by atoms with E-state index in [2.05, 4.69) is 4.74 Å². The monoisotopic (exact) mass is 198 g/mol. The van der Waals surface area contributed by atoms with Gasteiger partial charge in [0.05, 0.1) is 12.7 Å². The van der Waals surface area contributed by atoms with Gasteiger partial charge in [-0.3, -0.25) is 0 Å². The summed E-state index contributed by atoms with van der Waals surface area (Å²) in [6.45, 7) is 1.80. The molecule has 76 valence electrons. The van der Waals surface area contributed by atoms with Crippen molar-refractivity contribution in [2.75, 3.05) is 7.11 Å². The number of benzene rings is 1. The number of carbonyl (C=O) groups is 1. The molecule has 0 bridgehead atoms. The van der Waals surface area contributed by atoms with E-state index in [-0.39, 0.29) is 11.3 Å². The summed E-state index contributed by atoms with van der Waals surface area (Å²) in [5, 5.41) is 9.28. The molecular weight excluding hydrogens is 187 g/mol. The molecule has 0 amide bonds. The van der Waals surface area contributed by atoms with E-state index < -0.39 is 11.8 Å². The number of phenolic OH excluding ortho intramolecular Hbond substituents is 1. The second-order valence-electron chi connectivity index (χ2n) is 2.81. The van der Waals surface area contributed by atoms with Crippen molar-refractivity contribution in [3.05, 3.63) is 29.1 Å². The number of hydrogen-bond acceptors (Lipinski definition) is 3. The fourth-order valence-corrected chi connectivity index (χ4v) is 1.16. The third-order valence-corrected chi connectivity index (χ3v) is 1.95. The minimum absolute atomic E-state index is 0.141. The number of halogens is 1. The molecule has 14 heavy (non-hydrogen) atoms. The Bertz CT molecular complexity index is 361. The van der Waals surface area contributed by atoms with Crippen LogP contribution >= 0.6 is 0 Å². The molecular formula is C10H11FO3. The molecule has 1 N–H and O–H groups in total. The topological polar surface area (TPSA) is 46.5 Å². The van der Waals surface area contributed by atoms with E-state index in [1.165, 1.54) is 13.2 Å². The molecule has 0 radical (unpaired) electrons. The van der Waals surface area contributed by atoms with Gasteiger partial charge in [-0.25, -0.2) is 9.18 Å². The van der Waals surface area contributed by atoms with Crippen molar-refractivity contribution < 1.29 is 19.0 Å². The first-order valence-electron chi connectivity index (χ1n) is 4.19. The van der Waals surface area contributed by atoms with Crippen LogP contribution in [-0.4, -0.2) is 18.2 Å². The van der Waals surface area contributed by atoms with Gasteiger partial charge in [0, 0.05) is 6.07 Å². The molecule has 1 rings (SSSR count). The summed E-state index contributed by atoms with van der Waals surface area (Å²) in [6.07, 6.45) is 0.524. The predicted molar refractivity (Wildman–Crippen MR) is 48.8 cm³/mol. The van der Waals surface area contributed by atoms with Crippen LogP contribution in [0.5, 0.6) is 5.75 Å². The number of hydrogen-bond donors (Lipinski definition) is 1. The van der Waals surface area contributed by atoms with Crippen molar-refractivity contribution in [1.29, 1.82) is 0 Å². The molecule has 0 unspecified atom stereocenters. The molecule has 0 heterocycles. The quantitative estimate of drug-likeness (QED) is 0.738. The summed E-state index contributed by atoms with van der Waals surface area (Å²) in [5.74, 6) is -1.65. The minimum Gasteiger partial charge on any atom is -0.508 e. The Balaban J connectivity index is 3.24. The first-order valence-corrected chi connectivity index (χ1v) is 4.19. The van der Waals surface area contributed by atoms with Crippen LogP contribution in [0.1, 0.15) is 22.8 Å². The number of aromatic hydroxyl groups is 1. The van der Waals surface area contributed by atoms with Crippen molar-refractivity contribution in [1.82, 2.24) is 0 Å². The molecule has 0 saturated heterocycles. The van der Waals surface area contributed by atoms with Gasteiger partial charge in [0.2, 0.25) is 0 Å². The van der Waals surface area contributed by atoms with Crippen molar-refractivity contribution in [2.24, 2.45) is 0 Å². The Kier molecular flexibility index (Phi) is 3.06. The highest BCUT2D eigenvalue weighted by Gasteiger charge is 2.14. The van der Waals surface area contributed by atoms with Gasteiger partial charge < -0.3 is 9.84 Å². The molecule has 0 aliphatic heterocycles. The van der Waals surface area contributed by atoms with Crippen molar-refractivity contribution >= 4 is 5.97 Å². The Morgan fingerprint density at radius 1 is 1.57 bits per heavy atom. The third kappa shape index (κ3) is 1.84. The maximum Gasteiger partial charge on any atom is 0.340 e. The standard InChI is InChI=1S/C10H11FO3/c1-3-6-4-7(10(13)14-2)8(11)5-9(6)12/h4-5,12H,3H2,1-2H3. The largest absolute Gasteiger partial charge is 0.508 e. The minimum atomic E-state index is -0.772. The molecule has 1 aromatic carbocycles. The van der Waals surface area contributed by atoms with Crippen LogP contribution in [0.4, 0.5) is 4.39 Å². The van der Waals surface area contributed by atoms with Gasteiger partial charge in [0.15, 0.2) is 0 Å². The van der Waals surface area contributed by atoms with E-state index in [1.54, 1.807) is 6.92 Å². The summed E-state index contributed by atoms with van der Waals surface area (Å²) in [5.41, 5.74) is 0.369. The van der Waals surface area contributed by atoms with Gasteiger partial charge >= 0.3 is 5.97 Å². The lowest BCUT2D eigenvalue weighted by atomic mass is 10.1. The Morgan fingerprint density at radius 3 is 2.71 bits per heavy atom. The van der Waals surface area contributed by atoms with Crippen LogP contribution in [0.15, 0.2) is 12.1 Å². The molecule has 3 nitrogen and oxygen atoms in total. The summed E-state index contributed by atoms with van der Waals surface area (Å²) >= 11 is 0. The van der Waals surface area contributed by atoms with Gasteiger partial charge in [-0.15, -0.1) is 0 Å². The number of methoxy groups -OCH3 is 1. The van der Waals surface area contributed by atoms with Crippen molar-refractivity contribution in [2.45, 2.75) is 13.3 Å². The fourth-order valence-electron chi connectivity index (χ4n) is 1.16. The van der Waals surface area contributed by atoms with Gasteiger partial charge in [-0.2, -0.15) is 0 Å². The third-order valence-electron chi connectivity index (χ3n) is 1.95. The van der Waals surface area contributed by atoms with Crippen molar-refractivity contribution in [3.63, 3.8) is 0 Å². The summed E-state index contributed by atoms with van der Waals surface area (Å²) in [6, 6.07) is 2.22. The maximum atomic E-state index is 13.1. The highest BCUT2D eigenvalue weighted by molar-refractivity contribution is 5.90. The van der Waals surface area contributed by atoms with Crippen LogP contribution in [0, 0.1) is 5.82 Å². The summed E-state index contributed by atoms with van der Waals surface area (Å²) in [7, 11) is 1.18. The normalized spacial score (nSPS) is 9.93. The number of ether oxygens (including phenoxy) is 1. The van der Waals surface area contributed by atoms with E-state index in [4.69, 9.17) is 0 Å². The maximum absolute atomic E-state index is 13.1. The van der Waals surface area contributed by atoms with Crippen molar-refractivity contribution in [3.8, 4) is 5.75 Å². The molecule has 0 aliphatic rings. The summed E-state index contributed by atoms with van der Waals surface area (Å²) < 4.78 is 17.5. The van der Waals surface area contributed by atoms with Crippen LogP contribution in [0.3, 0.4) is 0 Å². The molecule has 0 aliphatic carbocycles. The molecule has 0 fully saturated rings. The van der Waals surface area contributed by atoms with E-state index in [0.29, 0.717) is 12.0 Å². The lowest BCUT2D eigenvalue weighted by Crippen LogP contribution is -2.05. The zero-order valence-corrected chi connectivity index (χ0v) is 8.00. The molecule has 4 heteroatoms. The Labute approximate surface area is 81.1 Å². The zero-order chi connectivity index (χ0) is 10.7. The molecule has 1 aromatic rings. The van der Waals surface area contributed by atoms with Gasteiger partial charge in [0.1, 0.15) is 11.6 Å². The van der Waals surface area contributed by atoms with Gasteiger partial charge in [-0.1, -0.05) is 6.92 Å². The zero-order valence-electron chi connectivity index (χ0n) is 8.00. The van der Waals surface area contributed by atoms with E-state index in [0.717, 1.165) is 6.07 Å². The lowest BCUT2D eigenvalue weighted by molar-refractivity contribution is 0.0595. The van der Waals surface area contributed by atoms with Crippen LogP contribution in [0.25, 0.3) is 0 Å². The second kappa shape index (κ2) is 4.09. The first kappa shape index (κ1) is 10.5. The van der Waals surface area contributed by atoms with Crippen LogP contribution in [0.2, 0.25) is 0 Å². The van der Waals surface area contributed by atoms with E-state index in [1.807, 2.05) is 0 Å². The number of carbonyl (C=O) groups excluding carboxylic acids is 1. The first-order chi connectivity index (χ1) is 6.60. The number of phenols is 1. The SMILES string of the molecule is CCc1cc(C(=O)OC)c(F)cc1O. The number of esters is 1. The smallest absolute Gasteiger partial charge is 0.340 e. The molecule has 0 spiro atoms. The fraction of sp³-hybridized carbons (Fsp3) is 0.300. The van der Waals surface area contributed by atoms with E-state index in [9.17, 15) is 14.3 Å². The molecule has 0 atom stereocenters. The average molecular weight is 198 g/mol. The van der Waals surface area contributed by atoms with Crippen LogP contribution in [-0.2, 0) is 11.2 Å². The van der Waals surface area contributed by atoms with E-state index >= 15 is 0 Å². The average Bonchev–Trinajstić information content (AvgIpc) is 2.17. The Hall–Kier alpha value is -1.58. The highest BCUT2D eigenvalue weighted by Crippen LogP contribution is 2.22. The predicted octanol–water partition coefficient (Wildman–Crippen LogP) is 1.88. The number of rotatable bonds is 2. The highest BCUT2D eigenvalue weighted by atomic mass is 19.1. The summed E-state index contributed by atoms with van der Waals surface area (Å²) in [4.78, 5) is 11.1.